The van der Waals surface area contributed by atoms with Crippen molar-refractivity contribution in [2.75, 3.05) is 5.75 Å². The molecule has 0 radical (unpaired) electrons. The Morgan fingerprint density at radius 2 is 1.59 bits per heavy atom. The van der Waals surface area contributed by atoms with Crippen molar-refractivity contribution in [2.45, 2.75) is 51.6 Å². The van der Waals surface area contributed by atoms with Crippen LogP contribution in [0.25, 0.3) is 11.1 Å². The number of benzene rings is 2. The van der Waals surface area contributed by atoms with E-state index in [1.165, 1.54) is 12.1 Å². The van der Waals surface area contributed by atoms with E-state index in [0.717, 1.165) is 6.07 Å². The Kier molecular flexibility index (Phi) is 5.66. The predicted octanol–water partition coefficient (Wildman–Crippen LogP) is 3.87. The summed E-state index contributed by atoms with van der Waals surface area (Å²) >= 11 is 0. The Labute approximate surface area is 171 Å². The molecule has 0 aromatic heterocycles. The molecule has 1 aliphatic rings. The van der Waals surface area contributed by atoms with Gasteiger partial charge in [0.05, 0.1) is 17.0 Å². The lowest BCUT2D eigenvalue weighted by Crippen LogP contribution is -2.41. The van der Waals surface area contributed by atoms with E-state index in [4.69, 9.17) is 9.31 Å². The fraction of sp³-hybridized carbons (Fsp3) is 0.429. The molecule has 0 amide bonds. The molecule has 2 aromatic rings. The Hall–Kier alpha value is -1.77. The van der Waals surface area contributed by atoms with Crippen LogP contribution in [0.5, 0.6) is 0 Å². The highest BCUT2D eigenvalue weighted by atomic mass is 32.2. The van der Waals surface area contributed by atoms with Gasteiger partial charge in [0.15, 0.2) is 9.84 Å². The van der Waals surface area contributed by atoms with E-state index in [1.54, 1.807) is 25.1 Å². The van der Waals surface area contributed by atoms with Gasteiger partial charge in [0, 0.05) is 17.4 Å². The number of hydrogen-bond acceptors (Lipinski definition) is 4. The molecule has 0 spiro atoms. The molecule has 156 valence electrons. The lowest BCUT2D eigenvalue weighted by Gasteiger charge is -2.32. The summed E-state index contributed by atoms with van der Waals surface area (Å²) in [6.07, 6.45) is 0. The van der Waals surface area contributed by atoms with Crippen molar-refractivity contribution in [3.05, 3.63) is 53.6 Å². The molecule has 1 fully saturated rings. The highest BCUT2D eigenvalue weighted by Gasteiger charge is 2.51. The first-order valence-electron chi connectivity index (χ1n) is 9.49. The summed E-state index contributed by atoms with van der Waals surface area (Å²) < 4.78 is 64.3. The van der Waals surface area contributed by atoms with Gasteiger partial charge in [-0.3, -0.25) is 0 Å². The van der Waals surface area contributed by atoms with Gasteiger partial charge in [0.2, 0.25) is 0 Å². The van der Waals surface area contributed by atoms with E-state index < -0.39 is 39.8 Å². The summed E-state index contributed by atoms with van der Waals surface area (Å²) in [5.41, 5.74) is 0.550. The van der Waals surface area contributed by atoms with E-state index >= 15 is 0 Å². The van der Waals surface area contributed by atoms with Gasteiger partial charge in [0.25, 0.3) is 0 Å². The highest BCUT2D eigenvalue weighted by molar-refractivity contribution is 7.90. The van der Waals surface area contributed by atoms with Crippen LogP contribution < -0.4 is 5.46 Å². The zero-order valence-electron chi connectivity index (χ0n) is 17.3. The Morgan fingerprint density at radius 1 is 0.966 bits per heavy atom. The summed E-state index contributed by atoms with van der Waals surface area (Å²) in [6, 6.07) is 8.33. The molecular weight excluding hydrogens is 397 g/mol. The number of hydrogen-bond donors (Lipinski definition) is 0. The Balaban J connectivity index is 2.11. The van der Waals surface area contributed by atoms with Gasteiger partial charge in [-0.2, -0.15) is 0 Å². The molecule has 0 N–H and O–H groups in total. The second-order valence-corrected chi connectivity index (χ2v) is 10.7. The quantitative estimate of drug-likeness (QED) is 0.687. The Bertz CT molecular complexity index is 1020. The van der Waals surface area contributed by atoms with Gasteiger partial charge < -0.3 is 9.31 Å². The first-order chi connectivity index (χ1) is 13.3. The maximum Gasteiger partial charge on any atom is 0.494 e. The molecule has 29 heavy (non-hydrogen) atoms. The lowest BCUT2D eigenvalue weighted by atomic mass is 9.77. The summed E-state index contributed by atoms with van der Waals surface area (Å²) in [5.74, 6) is -1.59. The zero-order valence-corrected chi connectivity index (χ0v) is 18.1. The van der Waals surface area contributed by atoms with Gasteiger partial charge in [-0.15, -0.1) is 0 Å². The van der Waals surface area contributed by atoms with E-state index in [1.807, 2.05) is 27.7 Å². The van der Waals surface area contributed by atoms with Crippen molar-refractivity contribution in [3.63, 3.8) is 0 Å². The molecule has 1 aliphatic heterocycles. The molecule has 4 nitrogen and oxygen atoms in total. The standard InChI is InChI=1S/C21H25BF2O4S/c1-6-29(25,26)13-14-9-15(18-8-7-17(23)12-19(18)24)11-16(10-14)22-27-20(2,3)21(4,5)28-22/h7-12H,6,13H2,1-5H3. The summed E-state index contributed by atoms with van der Waals surface area (Å²) in [5, 5.41) is 0. The van der Waals surface area contributed by atoms with Crippen LogP contribution in [-0.2, 0) is 24.9 Å². The largest absolute Gasteiger partial charge is 0.494 e. The topological polar surface area (TPSA) is 52.6 Å². The first kappa shape index (κ1) is 21.9. The molecule has 0 aliphatic carbocycles. The zero-order chi connectivity index (χ0) is 21.6. The van der Waals surface area contributed by atoms with Gasteiger partial charge in [-0.05, 0) is 56.4 Å². The van der Waals surface area contributed by atoms with Gasteiger partial charge in [0.1, 0.15) is 11.6 Å². The highest BCUT2D eigenvalue weighted by Crippen LogP contribution is 2.37. The third-order valence-electron chi connectivity index (χ3n) is 5.61. The van der Waals surface area contributed by atoms with Crippen LogP contribution in [0.15, 0.2) is 36.4 Å². The second-order valence-electron chi connectivity index (χ2n) is 8.35. The predicted molar refractivity (Wildman–Crippen MR) is 111 cm³/mol. The SMILES string of the molecule is CCS(=O)(=O)Cc1cc(B2OC(C)(C)C(C)(C)O2)cc(-c2ccc(F)cc2F)c1. The van der Waals surface area contributed by atoms with E-state index in [0.29, 0.717) is 16.6 Å². The van der Waals surface area contributed by atoms with Crippen LogP contribution >= 0.6 is 0 Å². The van der Waals surface area contributed by atoms with Crippen LogP contribution in [0.2, 0.25) is 0 Å². The van der Waals surface area contributed by atoms with Crippen molar-refractivity contribution in [3.8, 4) is 11.1 Å². The molecule has 3 rings (SSSR count). The van der Waals surface area contributed by atoms with Crippen molar-refractivity contribution < 1.29 is 26.5 Å². The van der Waals surface area contributed by atoms with E-state index in [-0.39, 0.29) is 17.1 Å². The minimum absolute atomic E-state index is 0.00599. The molecule has 1 heterocycles. The number of sulfone groups is 1. The summed E-state index contributed by atoms with van der Waals surface area (Å²) in [4.78, 5) is 0. The van der Waals surface area contributed by atoms with Crippen LogP contribution in [0.1, 0.15) is 40.2 Å². The first-order valence-corrected chi connectivity index (χ1v) is 11.3. The average molecular weight is 422 g/mol. The van der Waals surface area contributed by atoms with Crippen LogP contribution in [0, 0.1) is 11.6 Å². The molecule has 2 aromatic carbocycles. The third kappa shape index (κ3) is 4.54. The Morgan fingerprint density at radius 3 is 2.14 bits per heavy atom. The fourth-order valence-electron chi connectivity index (χ4n) is 3.15. The second kappa shape index (κ2) is 7.49. The van der Waals surface area contributed by atoms with Crippen LogP contribution in [0.4, 0.5) is 8.78 Å². The van der Waals surface area contributed by atoms with Crippen LogP contribution in [-0.4, -0.2) is 32.5 Å². The van der Waals surface area contributed by atoms with Gasteiger partial charge in [-0.1, -0.05) is 25.1 Å². The van der Waals surface area contributed by atoms with E-state index in [9.17, 15) is 17.2 Å². The maximum absolute atomic E-state index is 14.4. The minimum Gasteiger partial charge on any atom is -0.399 e. The van der Waals surface area contributed by atoms with Gasteiger partial charge in [-0.25, -0.2) is 17.2 Å². The molecule has 0 unspecified atom stereocenters. The average Bonchev–Trinajstić information content (AvgIpc) is 2.82. The normalized spacial score (nSPS) is 18.2. The van der Waals surface area contributed by atoms with E-state index in [2.05, 4.69) is 0 Å². The maximum atomic E-state index is 14.4. The number of rotatable bonds is 5. The number of halogens is 2. The smallest absolute Gasteiger partial charge is 0.399 e. The summed E-state index contributed by atoms with van der Waals surface area (Å²) in [7, 11) is -4.04. The molecule has 0 saturated carbocycles. The van der Waals surface area contributed by atoms with Crippen molar-refractivity contribution in [1.82, 2.24) is 0 Å². The minimum atomic E-state index is -3.31. The molecule has 1 saturated heterocycles. The molecule has 0 bridgehead atoms. The monoisotopic (exact) mass is 422 g/mol. The van der Waals surface area contributed by atoms with Crippen LogP contribution in [0.3, 0.4) is 0 Å². The summed E-state index contributed by atoms with van der Waals surface area (Å²) in [6.45, 7) is 9.24. The lowest BCUT2D eigenvalue weighted by molar-refractivity contribution is 0.00578. The fourth-order valence-corrected chi connectivity index (χ4v) is 4.03. The molecular formula is C21H25BF2O4S. The third-order valence-corrected chi connectivity index (χ3v) is 7.26. The van der Waals surface area contributed by atoms with Crippen molar-refractivity contribution >= 4 is 22.4 Å². The van der Waals surface area contributed by atoms with Crippen molar-refractivity contribution in [1.29, 1.82) is 0 Å². The molecule has 0 atom stereocenters. The molecule has 8 heteroatoms. The van der Waals surface area contributed by atoms with Crippen molar-refractivity contribution in [2.24, 2.45) is 0 Å². The van der Waals surface area contributed by atoms with Gasteiger partial charge >= 0.3 is 7.12 Å².